The van der Waals surface area contributed by atoms with Crippen LogP contribution in [-0.4, -0.2) is 6.61 Å². The second-order valence-corrected chi connectivity index (χ2v) is 6.24. The van der Waals surface area contributed by atoms with Gasteiger partial charge in [-0.2, -0.15) is 0 Å². The van der Waals surface area contributed by atoms with E-state index in [-0.39, 0.29) is 12.1 Å². The van der Waals surface area contributed by atoms with Crippen LogP contribution in [0, 0.1) is 5.92 Å². The van der Waals surface area contributed by atoms with Gasteiger partial charge in [0.1, 0.15) is 0 Å². The maximum atomic E-state index is 6.41. The third-order valence-corrected chi connectivity index (χ3v) is 4.92. The molecule has 2 aliphatic heterocycles. The molecule has 2 aliphatic rings. The Balaban J connectivity index is 1.81. The lowest BCUT2D eigenvalue weighted by Crippen LogP contribution is -2.36. The number of fused-ring (bicyclic) bond motifs is 3. The lowest BCUT2D eigenvalue weighted by atomic mass is 9.77. The van der Waals surface area contributed by atoms with Crippen molar-refractivity contribution in [1.82, 2.24) is 0 Å². The van der Waals surface area contributed by atoms with E-state index in [2.05, 4.69) is 41.7 Å². The van der Waals surface area contributed by atoms with Crippen LogP contribution in [0.2, 0.25) is 5.02 Å². The van der Waals surface area contributed by atoms with Crippen molar-refractivity contribution in [1.29, 1.82) is 0 Å². The molecule has 0 spiro atoms. The van der Waals surface area contributed by atoms with Crippen LogP contribution >= 0.6 is 11.6 Å². The summed E-state index contributed by atoms with van der Waals surface area (Å²) in [5.74, 6) is 0.465. The van der Waals surface area contributed by atoms with Crippen LogP contribution in [-0.2, 0) is 4.74 Å². The van der Waals surface area contributed by atoms with Crippen LogP contribution in [0.3, 0.4) is 0 Å². The van der Waals surface area contributed by atoms with Crippen molar-refractivity contribution in [2.24, 2.45) is 5.92 Å². The zero-order chi connectivity index (χ0) is 14.2. The van der Waals surface area contributed by atoms with Gasteiger partial charge in [0.25, 0.3) is 0 Å². The predicted molar refractivity (Wildman–Crippen MR) is 85.7 cm³/mol. The number of para-hydroxylation sites is 1. The number of hydrogen-bond donors (Lipinski definition) is 1. The molecule has 2 nitrogen and oxygen atoms in total. The van der Waals surface area contributed by atoms with Crippen molar-refractivity contribution in [2.45, 2.75) is 25.0 Å². The smallest absolute Gasteiger partial charge is 0.0896 e. The average Bonchev–Trinajstić information content (AvgIpc) is 2.55. The molecular formula is C18H18ClNO. The molecule has 2 aromatic rings. The molecule has 0 aromatic heterocycles. The molecule has 3 atom stereocenters. The van der Waals surface area contributed by atoms with Gasteiger partial charge in [0, 0.05) is 18.1 Å². The Kier molecular flexibility index (Phi) is 3.36. The van der Waals surface area contributed by atoms with Gasteiger partial charge in [-0.25, -0.2) is 0 Å². The van der Waals surface area contributed by atoms with Gasteiger partial charge in [-0.05, 0) is 24.5 Å². The Morgan fingerprint density at radius 3 is 2.76 bits per heavy atom. The molecule has 0 bridgehead atoms. The number of benzene rings is 2. The first-order valence-electron chi connectivity index (χ1n) is 7.56. The third kappa shape index (κ3) is 2.23. The summed E-state index contributed by atoms with van der Waals surface area (Å²) >= 11 is 6.41. The van der Waals surface area contributed by atoms with Gasteiger partial charge in [0.2, 0.25) is 0 Å². The highest BCUT2D eigenvalue weighted by Gasteiger charge is 2.40. The molecule has 21 heavy (non-hydrogen) atoms. The normalized spacial score (nSPS) is 27.4. The van der Waals surface area contributed by atoms with Crippen LogP contribution in [0.5, 0.6) is 0 Å². The van der Waals surface area contributed by atoms with Crippen molar-refractivity contribution in [3.05, 3.63) is 64.7 Å². The molecule has 3 unspecified atom stereocenters. The Hall–Kier alpha value is -1.51. The van der Waals surface area contributed by atoms with E-state index >= 15 is 0 Å². The first-order chi connectivity index (χ1) is 10.3. The van der Waals surface area contributed by atoms with Gasteiger partial charge in [0.15, 0.2) is 0 Å². The highest BCUT2D eigenvalue weighted by molar-refractivity contribution is 6.33. The van der Waals surface area contributed by atoms with Crippen molar-refractivity contribution in [2.75, 3.05) is 11.9 Å². The van der Waals surface area contributed by atoms with Crippen LogP contribution < -0.4 is 5.32 Å². The third-order valence-electron chi connectivity index (χ3n) is 4.61. The first kappa shape index (κ1) is 13.2. The molecule has 1 fully saturated rings. The summed E-state index contributed by atoms with van der Waals surface area (Å²) in [5.41, 5.74) is 3.55. The molecule has 1 saturated heterocycles. The fourth-order valence-electron chi connectivity index (χ4n) is 3.65. The minimum atomic E-state index is 0.152. The second-order valence-electron chi connectivity index (χ2n) is 5.83. The maximum absolute atomic E-state index is 6.41. The van der Waals surface area contributed by atoms with Gasteiger partial charge in [-0.1, -0.05) is 54.1 Å². The van der Waals surface area contributed by atoms with Crippen molar-refractivity contribution < 1.29 is 4.74 Å². The van der Waals surface area contributed by atoms with E-state index in [9.17, 15) is 0 Å². The predicted octanol–water partition coefficient (Wildman–Crippen LogP) is 4.97. The zero-order valence-electron chi connectivity index (χ0n) is 11.8. The SMILES string of the molecule is Clc1cccc2c1NC(c1ccccc1)C1CCCOC21. The van der Waals surface area contributed by atoms with Crippen molar-refractivity contribution in [3.63, 3.8) is 0 Å². The summed E-state index contributed by atoms with van der Waals surface area (Å²) in [6.07, 6.45) is 2.46. The van der Waals surface area contributed by atoms with Gasteiger partial charge in [0.05, 0.1) is 22.9 Å². The highest BCUT2D eigenvalue weighted by atomic mass is 35.5. The molecule has 2 heterocycles. The summed E-state index contributed by atoms with van der Waals surface area (Å²) in [4.78, 5) is 0. The molecule has 4 rings (SSSR count). The molecule has 0 amide bonds. The number of nitrogens with one attached hydrogen (secondary N) is 1. The van der Waals surface area contributed by atoms with E-state index < -0.39 is 0 Å². The lowest BCUT2D eigenvalue weighted by molar-refractivity contribution is -0.0381. The summed E-state index contributed by atoms with van der Waals surface area (Å²) in [6.45, 7) is 0.842. The first-order valence-corrected chi connectivity index (χ1v) is 7.94. The van der Waals surface area contributed by atoms with Gasteiger partial charge < -0.3 is 10.1 Å². The molecular weight excluding hydrogens is 282 g/mol. The largest absolute Gasteiger partial charge is 0.376 e. The number of anilines is 1. The average molecular weight is 300 g/mol. The summed E-state index contributed by atoms with van der Waals surface area (Å²) in [6, 6.07) is 17.0. The standard InChI is InChI=1S/C18H18ClNO/c19-15-10-4-8-14-17(15)20-16(12-6-2-1-3-7-12)13-9-5-11-21-18(13)14/h1-4,6-8,10,13,16,18,20H,5,9,11H2. The fraction of sp³-hybridized carbons (Fsp3) is 0.333. The lowest BCUT2D eigenvalue weighted by Gasteiger charge is -2.43. The van der Waals surface area contributed by atoms with E-state index in [0.717, 1.165) is 23.7 Å². The minimum absolute atomic E-state index is 0.152. The quantitative estimate of drug-likeness (QED) is 0.802. The van der Waals surface area contributed by atoms with Crippen LogP contribution in [0.1, 0.15) is 36.1 Å². The molecule has 0 saturated carbocycles. The van der Waals surface area contributed by atoms with Crippen molar-refractivity contribution in [3.8, 4) is 0 Å². The van der Waals surface area contributed by atoms with Crippen LogP contribution in [0.4, 0.5) is 5.69 Å². The highest BCUT2D eigenvalue weighted by Crippen LogP contribution is 2.50. The van der Waals surface area contributed by atoms with Crippen molar-refractivity contribution >= 4 is 17.3 Å². The molecule has 1 N–H and O–H groups in total. The summed E-state index contributed by atoms with van der Waals surface area (Å²) < 4.78 is 6.12. The maximum Gasteiger partial charge on any atom is 0.0896 e. The molecule has 0 radical (unpaired) electrons. The molecule has 2 aromatic carbocycles. The van der Waals surface area contributed by atoms with Crippen LogP contribution in [0.15, 0.2) is 48.5 Å². The Labute approximate surface area is 130 Å². The monoisotopic (exact) mass is 299 g/mol. The topological polar surface area (TPSA) is 21.3 Å². The van der Waals surface area contributed by atoms with E-state index in [1.54, 1.807) is 0 Å². The van der Waals surface area contributed by atoms with E-state index in [4.69, 9.17) is 16.3 Å². The molecule has 0 aliphatic carbocycles. The Morgan fingerprint density at radius 2 is 1.90 bits per heavy atom. The number of rotatable bonds is 1. The van der Waals surface area contributed by atoms with E-state index in [1.165, 1.54) is 17.5 Å². The second kappa shape index (κ2) is 5.36. The fourth-order valence-corrected chi connectivity index (χ4v) is 3.89. The van der Waals surface area contributed by atoms with Gasteiger partial charge in [-0.15, -0.1) is 0 Å². The minimum Gasteiger partial charge on any atom is -0.376 e. The summed E-state index contributed by atoms with van der Waals surface area (Å²) in [5, 5.41) is 4.45. The zero-order valence-corrected chi connectivity index (χ0v) is 12.5. The van der Waals surface area contributed by atoms with Crippen LogP contribution in [0.25, 0.3) is 0 Å². The number of halogens is 1. The number of hydrogen-bond acceptors (Lipinski definition) is 2. The van der Waals surface area contributed by atoms with E-state index in [0.29, 0.717) is 5.92 Å². The van der Waals surface area contributed by atoms with Gasteiger partial charge in [-0.3, -0.25) is 0 Å². The van der Waals surface area contributed by atoms with E-state index in [1.807, 2.05) is 12.1 Å². The summed E-state index contributed by atoms with van der Waals surface area (Å²) in [7, 11) is 0. The number of ether oxygens (including phenoxy) is 1. The Bertz CT molecular complexity index is 643. The molecule has 3 heteroatoms. The van der Waals surface area contributed by atoms with Gasteiger partial charge >= 0.3 is 0 Å². The Morgan fingerprint density at radius 1 is 1.05 bits per heavy atom. The molecule has 108 valence electrons.